The van der Waals surface area contributed by atoms with E-state index in [-0.39, 0.29) is 17.4 Å². The highest BCUT2D eigenvalue weighted by atomic mass is 35.5. The van der Waals surface area contributed by atoms with Crippen LogP contribution in [0, 0.1) is 0 Å². The van der Waals surface area contributed by atoms with Crippen molar-refractivity contribution in [2.75, 3.05) is 0 Å². The molecule has 7 heteroatoms. The number of rotatable bonds is 2. The molecule has 0 saturated carbocycles. The van der Waals surface area contributed by atoms with Gasteiger partial charge in [0, 0.05) is 12.3 Å². The molecule has 0 aromatic carbocycles. The van der Waals surface area contributed by atoms with Gasteiger partial charge in [0.05, 0.1) is 11.7 Å². The minimum atomic E-state index is -0.241. The van der Waals surface area contributed by atoms with Gasteiger partial charge in [0.25, 0.3) is 0 Å². The topological polar surface area (TPSA) is 75.1 Å². The summed E-state index contributed by atoms with van der Waals surface area (Å²) >= 11 is 6.32. The highest BCUT2D eigenvalue weighted by Crippen LogP contribution is 2.31. The monoisotopic (exact) mass is 283 g/mol. The van der Waals surface area contributed by atoms with E-state index in [2.05, 4.69) is 20.6 Å². The van der Waals surface area contributed by atoms with Crippen LogP contribution in [-0.2, 0) is 10.2 Å². The Bertz CT molecular complexity index is 622. The van der Waals surface area contributed by atoms with Crippen molar-refractivity contribution in [2.24, 2.45) is 0 Å². The molecule has 19 heavy (non-hydrogen) atoms. The van der Waals surface area contributed by atoms with Gasteiger partial charge in [-0.15, -0.1) is 0 Å². The summed E-state index contributed by atoms with van der Waals surface area (Å²) in [5.74, 6) is 0.514. The Kier molecular flexibility index (Phi) is 3.30. The Morgan fingerprint density at radius 2 is 2.11 bits per heavy atom. The number of H-pyrrole nitrogens is 1. The molecule has 2 aromatic rings. The summed E-state index contributed by atoms with van der Waals surface area (Å²) in [6, 6.07) is -0.241. The van der Waals surface area contributed by atoms with Gasteiger partial charge in [0.2, 0.25) is 5.91 Å². The summed E-state index contributed by atoms with van der Waals surface area (Å²) < 4.78 is 1.66. The second-order valence-corrected chi connectivity index (χ2v) is 6.05. The van der Waals surface area contributed by atoms with E-state index >= 15 is 0 Å². The van der Waals surface area contributed by atoms with E-state index in [4.69, 9.17) is 11.6 Å². The Morgan fingerprint density at radius 3 is 2.63 bits per heavy atom. The van der Waals surface area contributed by atoms with Crippen LogP contribution in [-0.4, -0.2) is 25.7 Å². The highest BCUT2D eigenvalue weighted by molar-refractivity contribution is 6.34. The molecule has 2 heterocycles. The van der Waals surface area contributed by atoms with Gasteiger partial charge < -0.3 is 5.32 Å². The van der Waals surface area contributed by atoms with Crippen molar-refractivity contribution >= 4 is 23.2 Å². The van der Waals surface area contributed by atoms with Gasteiger partial charge >= 0.3 is 0 Å². The normalized spacial score (nSPS) is 13.8. The number of carbonyl (C=O) groups is 1. The number of aromatic nitrogens is 4. The van der Waals surface area contributed by atoms with Gasteiger partial charge in [-0.1, -0.05) is 32.4 Å². The van der Waals surface area contributed by atoms with Crippen LogP contribution in [0.15, 0.2) is 0 Å². The molecule has 1 atom stereocenters. The smallest absolute Gasteiger partial charge is 0.217 e. The van der Waals surface area contributed by atoms with Crippen LogP contribution in [0.2, 0.25) is 5.02 Å². The predicted octanol–water partition coefficient (Wildman–Crippen LogP) is 2.21. The number of carbonyl (C=O) groups excluding carboxylic acids is 1. The molecular weight excluding hydrogens is 266 g/mol. The molecule has 2 aromatic heterocycles. The fourth-order valence-electron chi connectivity index (χ4n) is 1.95. The van der Waals surface area contributed by atoms with Crippen LogP contribution < -0.4 is 5.32 Å². The zero-order valence-corrected chi connectivity index (χ0v) is 12.5. The van der Waals surface area contributed by atoms with Crippen LogP contribution in [0.3, 0.4) is 0 Å². The first-order valence-corrected chi connectivity index (χ1v) is 6.49. The Morgan fingerprint density at radius 1 is 1.47 bits per heavy atom. The van der Waals surface area contributed by atoms with Crippen molar-refractivity contribution in [3.8, 4) is 0 Å². The molecule has 0 aliphatic heterocycles. The number of nitrogens with zero attached hydrogens (tertiary/aromatic N) is 3. The minimum absolute atomic E-state index is 0.113. The number of nitrogens with one attached hydrogen (secondary N) is 2. The molecule has 0 aliphatic rings. The average Bonchev–Trinajstić information content (AvgIpc) is 2.77. The van der Waals surface area contributed by atoms with Gasteiger partial charge in [0.1, 0.15) is 5.02 Å². The maximum Gasteiger partial charge on any atom is 0.217 e. The fraction of sp³-hybridized carbons (Fsp3) is 0.583. The van der Waals surface area contributed by atoms with E-state index in [1.165, 1.54) is 6.92 Å². The lowest BCUT2D eigenvalue weighted by Gasteiger charge is -2.15. The number of hydrogen-bond acceptors (Lipinski definition) is 3. The Labute approximate surface area is 116 Å². The van der Waals surface area contributed by atoms with E-state index < -0.39 is 0 Å². The largest absolute Gasteiger partial charge is 0.347 e. The van der Waals surface area contributed by atoms with Crippen molar-refractivity contribution in [1.82, 2.24) is 25.1 Å². The Balaban J connectivity index is 2.51. The third-order valence-electron chi connectivity index (χ3n) is 2.84. The standard InChI is InChI=1S/C12H18ClN5O/c1-6(14-7(2)19)10-15-16-11-8(13)9(12(3,4)5)17-18(10)11/h6,16H,1-5H3,(H,14,19). The number of aromatic amines is 1. The highest BCUT2D eigenvalue weighted by Gasteiger charge is 2.26. The van der Waals surface area contributed by atoms with E-state index in [9.17, 15) is 4.79 Å². The quantitative estimate of drug-likeness (QED) is 0.887. The van der Waals surface area contributed by atoms with Crippen molar-refractivity contribution in [3.05, 3.63) is 16.5 Å². The molecule has 1 amide bonds. The van der Waals surface area contributed by atoms with Gasteiger partial charge in [-0.3, -0.25) is 9.89 Å². The summed E-state index contributed by atoms with van der Waals surface area (Å²) in [6.45, 7) is 9.46. The third kappa shape index (κ3) is 2.45. The van der Waals surface area contributed by atoms with E-state index in [1.807, 2.05) is 27.7 Å². The number of hydrogen-bond donors (Lipinski definition) is 2. The van der Waals surface area contributed by atoms with Crippen molar-refractivity contribution in [2.45, 2.75) is 46.1 Å². The van der Waals surface area contributed by atoms with Gasteiger partial charge in [0.15, 0.2) is 11.5 Å². The Hall–Kier alpha value is -1.56. The summed E-state index contributed by atoms with van der Waals surface area (Å²) in [6.07, 6.45) is 0. The first kappa shape index (κ1) is 13.9. The summed E-state index contributed by atoms with van der Waals surface area (Å²) in [4.78, 5) is 11.1. The molecule has 0 aliphatic carbocycles. The molecule has 0 fully saturated rings. The van der Waals surface area contributed by atoms with Crippen LogP contribution in [0.25, 0.3) is 5.65 Å². The maximum atomic E-state index is 11.1. The number of amides is 1. The maximum absolute atomic E-state index is 11.1. The molecule has 1 unspecified atom stereocenters. The third-order valence-corrected chi connectivity index (χ3v) is 3.20. The zero-order valence-electron chi connectivity index (χ0n) is 11.7. The molecule has 2 N–H and O–H groups in total. The minimum Gasteiger partial charge on any atom is -0.347 e. The van der Waals surface area contributed by atoms with Crippen molar-refractivity contribution in [3.63, 3.8) is 0 Å². The lowest BCUT2D eigenvalue weighted by molar-refractivity contribution is -0.119. The van der Waals surface area contributed by atoms with Crippen molar-refractivity contribution in [1.29, 1.82) is 0 Å². The molecule has 0 saturated heterocycles. The van der Waals surface area contributed by atoms with Gasteiger partial charge in [-0.2, -0.15) is 14.7 Å². The first-order chi connectivity index (χ1) is 8.71. The second kappa shape index (κ2) is 4.52. The lowest BCUT2D eigenvalue weighted by Crippen LogP contribution is -2.25. The van der Waals surface area contributed by atoms with Crippen LogP contribution in [0.4, 0.5) is 0 Å². The SMILES string of the molecule is CC(=O)NC(C)c1n[nH]c2c(Cl)c(C(C)(C)C)nn12. The fourth-order valence-corrected chi connectivity index (χ4v) is 2.39. The molecular formula is C12H18ClN5O. The second-order valence-electron chi connectivity index (χ2n) is 5.68. The zero-order chi connectivity index (χ0) is 14.4. The van der Waals surface area contributed by atoms with Crippen LogP contribution in [0.1, 0.15) is 52.2 Å². The molecule has 2 rings (SSSR count). The van der Waals surface area contributed by atoms with Gasteiger partial charge in [-0.05, 0) is 6.92 Å². The molecule has 0 radical (unpaired) electrons. The summed E-state index contributed by atoms with van der Waals surface area (Å²) in [5.41, 5.74) is 1.30. The number of fused-ring (bicyclic) bond motifs is 1. The molecule has 0 spiro atoms. The van der Waals surface area contributed by atoms with Gasteiger partial charge in [-0.25, -0.2) is 0 Å². The summed E-state index contributed by atoms with van der Waals surface area (Å²) in [5, 5.41) is 14.9. The van der Waals surface area contributed by atoms with Crippen LogP contribution >= 0.6 is 11.6 Å². The van der Waals surface area contributed by atoms with E-state index in [0.29, 0.717) is 16.5 Å². The number of halogens is 1. The van der Waals surface area contributed by atoms with E-state index in [1.54, 1.807) is 4.52 Å². The predicted molar refractivity (Wildman–Crippen MR) is 73.3 cm³/mol. The average molecular weight is 284 g/mol. The first-order valence-electron chi connectivity index (χ1n) is 6.12. The molecule has 104 valence electrons. The van der Waals surface area contributed by atoms with Crippen molar-refractivity contribution < 1.29 is 4.79 Å². The summed E-state index contributed by atoms with van der Waals surface area (Å²) in [7, 11) is 0. The van der Waals surface area contributed by atoms with E-state index in [0.717, 1.165) is 5.69 Å². The lowest BCUT2D eigenvalue weighted by atomic mass is 9.92. The molecule has 0 bridgehead atoms. The molecule has 6 nitrogen and oxygen atoms in total. The van der Waals surface area contributed by atoms with Crippen LogP contribution in [0.5, 0.6) is 0 Å².